The van der Waals surface area contributed by atoms with Gasteiger partial charge in [-0.3, -0.25) is 14.6 Å². The Morgan fingerprint density at radius 1 is 1.19 bits per heavy atom. The maximum Gasteiger partial charge on any atom is 0.356 e. The first-order valence-corrected chi connectivity index (χ1v) is 9.73. The van der Waals surface area contributed by atoms with Crippen LogP contribution in [-0.4, -0.2) is 48.4 Å². The molecule has 0 bridgehead atoms. The normalized spacial score (nSPS) is 16.1. The smallest absolute Gasteiger partial charge is 0.356 e. The minimum atomic E-state index is -1.03. The Morgan fingerprint density at radius 2 is 2.00 bits per heavy atom. The summed E-state index contributed by atoms with van der Waals surface area (Å²) in [6.07, 6.45) is 6.14. The standard InChI is InChI=1S/C19H25N5O3/c1-2-24-16-9-10-23(11-13(16)18(22-24)19(26)27)17(25)8-7-15-12-5-3-4-6-14(12)20-21-15/h2-11H2,1H3,(H,20,21)(H,26,27). The fourth-order valence-electron chi connectivity index (χ4n) is 4.28. The van der Waals surface area contributed by atoms with Crippen molar-refractivity contribution in [2.45, 2.75) is 65.0 Å². The lowest BCUT2D eigenvalue weighted by atomic mass is 9.94. The quantitative estimate of drug-likeness (QED) is 0.833. The number of hydrogen-bond acceptors (Lipinski definition) is 4. The topological polar surface area (TPSA) is 104 Å². The number of aromatic nitrogens is 4. The molecule has 27 heavy (non-hydrogen) atoms. The first-order valence-electron chi connectivity index (χ1n) is 9.73. The van der Waals surface area contributed by atoms with Crippen molar-refractivity contribution in [1.82, 2.24) is 24.9 Å². The predicted octanol–water partition coefficient (Wildman–Crippen LogP) is 1.72. The number of fused-ring (bicyclic) bond motifs is 2. The summed E-state index contributed by atoms with van der Waals surface area (Å²) in [6, 6.07) is 0. The van der Waals surface area contributed by atoms with Gasteiger partial charge in [0.2, 0.25) is 5.91 Å². The molecule has 2 aromatic rings. The number of nitrogens with one attached hydrogen (secondary N) is 1. The van der Waals surface area contributed by atoms with Crippen molar-refractivity contribution in [3.8, 4) is 0 Å². The highest BCUT2D eigenvalue weighted by atomic mass is 16.4. The van der Waals surface area contributed by atoms with Crippen LogP contribution in [-0.2, 0) is 43.6 Å². The Labute approximate surface area is 157 Å². The second kappa shape index (κ2) is 7.17. The number of aromatic amines is 1. The number of aryl methyl sites for hydroxylation is 3. The molecule has 8 heteroatoms. The summed E-state index contributed by atoms with van der Waals surface area (Å²) in [5.74, 6) is -0.982. The molecular weight excluding hydrogens is 346 g/mol. The first-order chi connectivity index (χ1) is 13.1. The summed E-state index contributed by atoms with van der Waals surface area (Å²) < 4.78 is 1.75. The molecule has 4 rings (SSSR count). The van der Waals surface area contributed by atoms with Gasteiger partial charge in [0.05, 0.1) is 5.69 Å². The average molecular weight is 371 g/mol. The van der Waals surface area contributed by atoms with Crippen molar-refractivity contribution in [2.24, 2.45) is 0 Å². The van der Waals surface area contributed by atoms with Crippen LogP contribution in [0.1, 0.15) is 64.9 Å². The first kappa shape index (κ1) is 17.8. The van der Waals surface area contributed by atoms with E-state index < -0.39 is 5.97 Å². The molecule has 1 aliphatic carbocycles. The molecule has 0 fully saturated rings. The Kier molecular flexibility index (Phi) is 4.72. The summed E-state index contributed by atoms with van der Waals surface area (Å²) in [6.45, 7) is 3.51. The van der Waals surface area contributed by atoms with Gasteiger partial charge in [0.1, 0.15) is 0 Å². The fourth-order valence-corrected chi connectivity index (χ4v) is 4.28. The molecule has 2 aromatic heterocycles. The van der Waals surface area contributed by atoms with Gasteiger partial charge in [-0.2, -0.15) is 10.2 Å². The number of aromatic carboxylic acids is 1. The number of H-pyrrole nitrogens is 1. The predicted molar refractivity (Wildman–Crippen MR) is 97.5 cm³/mol. The van der Waals surface area contributed by atoms with E-state index in [9.17, 15) is 14.7 Å². The Hall–Kier alpha value is -2.64. The summed E-state index contributed by atoms with van der Waals surface area (Å²) in [5.41, 5.74) is 5.24. The van der Waals surface area contributed by atoms with E-state index in [1.54, 1.807) is 9.58 Å². The van der Waals surface area contributed by atoms with E-state index in [1.807, 2.05) is 6.92 Å². The van der Waals surface area contributed by atoms with Crippen LogP contribution in [0.3, 0.4) is 0 Å². The van der Waals surface area contributed by atoms with E-state index in [-0.39, 0.29) is 11.6 Å². The van der Waals surface area contributed by atoms with Gasteiger partial charge in [0.25, 0.3) is 0 Å². The van der Waals surface area contributed by atoms with Crippen molar-refractivity contribution < 1.29 is 14.7 Å². The number of carbonyl (C=O) groups excluding carboxylic acids is 1. The lowest BCUT2D eigenvalue weighted by Crippen LogP contribution is -2.37. The molecule has 0 unspecified atom stereocenters. The van der Waals surface area contributed by atoms with Gasteiger partial charge in [0.15, 0.2) is 5.69 Å². The van der Waals surface area contributed by atoms with Crippen LogP contribution in [0.4, 0.5) is 0 Å². The molecule has 2 N–H and O–H groups in total. The van der Waals surface area contributed by atoms with Gasteiger partial charge < -0.3 is 10.0 Å². The van der Waals surface area contributed by atoms with Crippen LogP contribution in [0, 0.1) is 0 Å². The summed E-state index contributed by atoms with van der Waals surface area (Å²) in [4.78, 5) is 26.0. The van der Waals surface area contributed by atoms with Crippen molar-refractivity contribution in [1.29, 1.82) is 0 Å². The molecule has 0 spiro atoms. The average Bonchev–Trinajstić information content (AvgIpc) is 3.27. The monoisotopic (exact) mass is 371 g/mol. The molecular formula is C19H25N5O3. The maximum atomic E-state index is 12.7. The van der Waals surface area contributed by atoms with Crippen molar-refractivity contribution in [2.75, 3.05) is 6.54 Å². The number of carbonyl (C=O) groups is 2. The lowest BCUT2D eigenvalue weighted by molar-refractivity contribution is -0.132. The molecule has 0 saturated carbocycles. The van der Waals surface area contributed by atoms with Crippen LogP contribution < -0.4 is 0 Å². The van der Waals surface area contributed by atoms with Crippen molar-refractivity contribution >= 4 is 11.9 Å². The molecule has 0 radical (unpaired) electrons. The van der Waals surface area contributed by atoms with Crippen LogP contribution in [0.2, 0.25) is 0 Å². The molecule has 8 nitrogen and oxygen atoms in total. The number of carboxylic acid groups (broad SMARTS) is 1. The molecule has 0 atom stereocenters. The summed E-state index contributed by atoms with van der Waals surface area (Å²) in [7, 11) is 0. The van der Waals surface area contributed by atoms with Gasteiger partial charge >= 0.3 is 5.97 Å². The van der Waals surface area contributed by atoms with E-state index in [1.165, 1.54) is 24.1 Å². The lowest BCUT2D eigenvalue weighted by Gasteiger charge is -2.27. The highest BCUT2D eigenvalue weighted by Gasteiger charge is 2.29. The highest BCUT2D eigenvalue weighted by molar-refractivity contribution is 5.88. The second-order valence-corrected chi connectivity index (χ2v) is 7.29. The zero-order valence-corrected chi connectivity index (χ0v) is 15.6. The van der Waals surface area contributed by atoms with E-state index in [0.717, 1.165) is 24.2 Å². The zero-order valence-electron chi connectivity index (χ0n) is 15.6. The van der Waals surface area contributed by atoms with Crippen LogP contribution >= 0.6 is 0 Å². The largest absolute Gasteiger partial charge is 0.476 e. The van der Waals surface area contributed by atoms with Gasteiger partial charge in [-0.15, -0.1) is 0 Å². The maximum absolute atomic E-state index is 12.7. The number of nitrogens with zero attached hydrogens (tertiary/aromatic N) is 4. The van der Waals surface area contributed by atoms with Crippen molar-refractivity contribution in [3.05, 3.63) is 33.9 Å². The summed E-state index contributed by atoms with van der Waals surface area (Å²) in [5, 5.41) is 21.2. The van der Waals surface area contributed by atoms with Crippen LogP contribution in [0.25, 0.3) is 0 Å². The second-order valence-electron chi connectivity index (χ2n) is 7.29. The fraction of sp³-hybridized carbons (Fsp3) is 0.579. The van der Waals surface area contributed by atoms with E-state index >= 15 is 0 Å². The minimum absolute atomic E-state index is 0.0498. The zero-order chi connectivity index (χ0) is 19.0. The minimum Gasteiger partial charge on any atom is -0.476 e. The van der Waals surface area contributed by atoms with Crippen molar-refractivity contribution in [3.63, 3.8) is 0 Å². The van der Waals surface area contributed by atoms with Gasteiger partial charge in [0, 0.05) is 55.8 Å². The third-order valence-electron chi connectivity index (χ3n) is 5.71. The Balaban J connectivity index is 1.44. The van der Waals surface area contributed by atoms with Gasteiger partial charge in [-0.25, -0.2) is 4.79 Å². The van der Waals surface area contributed by atoms with E-state index in [2.05, 4.69) is 15.3 Å². The molecule has 0 saturated heterocycles. The highest BCUT2D eigenvalue weighted by Crippen LogP contribution is 2.25. The van der Waals surface area contributed by atoms with Crippen LogP contribution in [0.5, 0.6) is 0 Å². The molecule has 1 aliphatic heterocycles. The molecule has 1 amide bonds. The van der Waals surface area contributed by atoms with E-state index in [4.69, 9.17) is 0 Å². The third-order valence-corrected chi connectivity index (χ3v) is 5.71. The number of rotatable bonds is 5. The number of carboxylic acids is 1. The number of amides is 1. The Morgan fingerprint density at radius 3 is 2.78 bits per heavy atom. The third kappa shape index (κ3) is 3.24. The van der Waals surface area contributed by atoms with Crippen LogP contribution in [0.15, 0.2) is 0 Å². The molecule has 3 heterocycles. The van der Waals surface area contributed by atoms with Gasteiger partial charge in [-0.1, -0.05) is 0 Å². The molecule has 2 aliphatic rings. The van der Waals surface area contributed by atoms with E-state index in [0.29, 0.717) is 44.5 Å². The molecule has 144 valence electrons. The number of hydrogen-bond donors (Lipinski definition) is 2. The summed E-state index contributed by atoms with van der Waals surface area (Å²) >= 11 is 0. The van der Waals surface area contributed by atoms with Gasteiger partial charge in [-0.05, 0) is 38.2 Å². The SMILES string of the molecule is CCn1nc(C(=O)O)c2c1CCN(C(=O)CCc1n[nH]c3c1CCCC3)C2. The molecule has 0 aromatic carbocycles. The Bertz CT molecular complexity index is 882.